The summed E-state index contributed by atoms with van der Waals surface area (Å²) in [4.78, 5) is 29.8. The summed E-state index contributed by atoms with van der Waals surface area (Å²) in [7, 11) is 0. The molecule has 1 aromatic carbocycles. The maximum absolute atomic E-state index is 13.1. The van der Waals surface area contributed by atoms with Crippen LogP contribution in [0.4, 0.5) is 0 Å². The topological polar surface area (TPSA) is 40.6 Å². The van der Waals surface area contributed by atoms with Crippen LogP contribution in [0, 0.1) is 23.2 Å². The van der Waals surface area contributed by atoms with Crippen LogP contribution in [-0.2, 0) is 4.79 Å². The van der Waals surface area contributed by atoms with E-state index < -0.39 is 0 Å². The molecule has 1 aromatic rings. The molecule has 4 saturated carbocycles. The number of piperazine rings is 1. The maximum atomic E-state index is 13.1. The number of amides is 2. The molecule has 4 bridgehead atoms. The summed E-state index contributed by atoms with van der Waals surface area (Å²) in [6.07, 6.45) is 8.85. The second-order valence-corrected chi connectivity index (χ2v) is 10.6. The van der Waals surface area contributed by atoms with E-state index in [2.05, 4.69) is 15.9 Å². The first kappa shape index (κ1) is 18.7. The first-order valence-electron chi connectivity index (χ1n) is 10.8. The van der Waals surface area contributed by atoms with E-state index in [0.29, 0.717) is 43.1 Å². The quantitative estimate of drug-likeness (QED) is 0.695. The minimum atomic E-state index is 0.0562. The summed E-state index contributed by atoms with van der Waals surface area (Å²) >= 11 is 3.47. The van der Waals surface area contributed by atoms with E-state index in [4.69, 9.17) is 0 Å². The Hall–Kier alpha value is -1.36. The van der Waals surface area contributed by atoms with Gasteiger partial charge in [-0.25, -0.2) is 0 Å². The highest BCUT2D eigenvalue weighted by Gasteiger charge is 2.51. The summed E-state index contributed by atoms with van der Waals surface area (Å²) < 4.78 is 0.834. The average Bonchev–Trinajstić information content (AvgIpc) is 2.66. The molecule has 28 heavy (non-hydrogen) atoms. The molecule has 4 aliphatic carbocycles. The van der Waals surface area contributed by atoms with Gasteiger partial charge in [0.05, 0.1) is 5.56 Å². The second kappa shape index (κ2) is 7.16. The number of carbonyl (C=O) groups is 2. The Balaban J connectivity index is 1.19. The first-order valence-corrected chi connectivity index (χ1v) is 11.6. The zero-order valence-electron chi connectivity index (χ0n) is 16.4. The van der Waals surface area contributed by atoms with Gasteiger partial charge in [0.15, 0.2) is 0 Å². The van der Waals surface area contributed by atoms with Gasteiger partial charge >= 0.3 is 0 Å². The molecule has 5 heteroatoms. The van der Waals surface area contributed by atoms with Gasteiger partial charge in [0.2, 0.25) is 5.91 Å². The normalized spacial score (nSPS) is 34.0. The summed E-state index contributed by atoms with van der Waals surface area (Å²) in [5.74, 6) is 3.05. The molecule has 1 saturated heterocycles. The monoisotopic (exact) mass is 444 g/mol. The molecule has 5 fully saturated rings. The van der Waals surface area contributed by atoms with Crippen molar-refractivity contribution in [1.29, 1.82) is 0 Å². The van der Waals surface area contributed by atoms with Crippen molar-refractivity contribution in [3.63, 3.8) is 0 Å². The van der Waals surface area contributed by atoms with Gasteiger partial charge in [-0.1, -0.05) is 12.1 Å². The Morgan fingerprint density at radius 3 is 2.00 bits per heavy atom. The Bertz CT molecular complexity index is 749. The van der Waals surface area contributed by atoms with Crippen molar-refractivity contribution in [3.05, 3.63) is 34.3 Å². The Morgan fingerprint density at radius 1 is 0.893 bits per heavy atom. The van der Waals surface area contributed by atoms with Crippen molar-refractivity contribution >= 4 is 27.7 Å². The summed E-state index contributed by atoms with van der Waals surface area (Å²) in [5.41, 5.74) is 1.00. The van der Waals surface area contributed by atoms with E-state index in [1.807, 2.05) is 34.1 Å². The van der Waals surface area contributed by atoms with Gasteiger partial charge in [-0.2, -0.15) is 0 Å². The highest BCUT2D eigenvalue weighted by atomic mass is 79.9. The largest absolute Gasteiger partial charge is 0.339 e. The predicted octanol–water partition coefficient (Wildman–Crippen LogP) is 4.34. The van der Waals surface area contributed by atoms with Crippen molar-refractivity contribution in [2.24, 2.45) is 23.2 Å². The van der Waals surface area contributed by atoms with Crippen molar-refractivity contribution in [1.82, 2.24) is 9.80 Å². The molecule has 1 heterocycles. The van der Waals surface area contributed by atoms with Gasteiger partial charge in [0.1, 0.15) is 0 Å². The third-order valence-corrected chi connectivity index (χ3v) is 8.41. The minimum Gasteiger partial charge on any atom is -0.339 e. The summed E-state index contributed by atoms with van der Waals surface area (Å²) in [6.45, 7) is 2.60. The van der Waals surface area contributed by atoms with E-state index in [9.17, 15) is 9.59 Å². The SMILES string of the molecule is O=C(CC12CC3CC(CC(C3)C1)C2)N1CCN(C(=O)c2ccccc2Br)CC1. The van der Waals surface area contributed by atoms with Crippen LogP contribution in [0.1, 0.15) is 55.3 Å². The molecule has 1 aliphatic heterocycles. The molecule has 0 unspecified atom stereocenters. The predicted molar refractivity (Wildman–Crippen MR) is 112 cm³/mol. The van der Waals surface area contributed by atoms with E-state index in [1.54, 1.807) is 0 Å². The fourth-order valence-corrected chi connectivity index (χ4v) is 7.36. The van der Waals surface area contributed by atoms with Crippen LogP contribution in [0.2, 0.25) is 0 Å². The molecule has 0 aromatic heterocycles. The van der Waals surface area contributed by atoms with E-state index in [1.165, 1.54) is 38.5 Å². The lowest BCUT2D eigenvalue weighted by Crippen LogP contribution is -2.53. The molecule has 0 radical (unpaired) electrons. The van der Waals surface area contributed by atoms with Gasteiger partial charge in [0, 0.05) is 37.1 Å². The minimum absolute atomic E-state index is 0.0562. The lowest BCUT2D eigenvalue weighted by Gasteiger charge is -2.57. The van der Waals surface area contributed by atoms with E-state index >= 15 is 0 Å². The molecule has 0 atom stereocenters. The second-order valence-electron chi connectivity index (χ2n) is 9.75. The molecule has 150 valence electrons. The van der Waals surface area contributed by atoms with Crippen molar-refractivity contribution in [2.45, 2.75) is 44.9 Å². The van der Waals surface area contributed by atoms with Crippen molar-refractivity contribution < 1.29 is 9.59 Å². The molecular formula is C23H29BrN2O2. The molecule has 0 N–H and O–H groups in total. The number of hydrogen-bond donors (Lipinski definition) is 0. The van der Waals surface area contributed by atoms with Crippen molar-refractivity contribution in [3.8, 4) is 0 Å². The average molecular weight is 445 g/mol. The maximum Gasteiger partial charge on any atom is 0.255 e. The van der Waals surface area contributed by atoms with Gasteiger partial charge < -0.3 is 9.80 Å². The standard InChI is InChI=1S/C23H29BrN2O2/c24-20-4-2-1-3-19(20)22(28)26-7-5-25(6-8-26)21(27)15-23-12-16-9-17(13-23)11-18(10-16)14-23/h1-4,16-18H,5-15H2. The van der Waals surface area contributed by atoms with Crippen molar-refractivity contribution in [2.75, 3.05) is 26.2 Å². The number of benzene rings is 1. The zero-order valence-corrected chi connectivity index (χ0v) is 18.0. The zero-order chi connectivity index (χ0) is 19.3. The molecule has 4 nitrogen and oxygen atoms in total. The van der Waals surface area contributed by atoms with Gasteiger partial charge in [-0.05, 0) is 89.8 Å². The van der Waals surface area contributed by atoms with Crippen LogP contribution >= 0.6 is 15.9 Å². The highest BCUT2D eigenvalue weighted by molar-refractivity contribution is 9.10. The van der Waals surface area contributed by atoms with Crippen LogP contribution < -0.4 is 0 Å². The van der Waals surface area contributed by atoms with Crippen LogP contribution in [0.25, 0.3) is 0 Å². The fourth-order valence-electron chi connectivity index (χ4n) is 6.90. The molecule has 0 spiro atoms. The number of nitrogens with zero attached hydrogens (tertiary/aromatic N) is 2. The first-order chi connectivity index (χ1) is 13.5. The molecular weight excluding hydrogens is 416 g/mol. The molecule has 2 amide bonds. The van der Waals surface area contributed by atoms with Gasteiger partial charge in [-0.15, -0.1) is 0 Å². The highest BCUT2D eigenvalue weighted by Crippen LogP contribution is 2.61. The Kier molecular flexibility index (Phi) is 4.77. The number of halogens is 1. The fraction of sp³-hybridized carbons (Fsp3) is 0.652. The third-order valence-electron chi connectivity index (χ3n) is 7.72. The number of hydrogen-bond acceptors (Lipinski definition) is 2. The van der Waals surface area contributed by atoms with E-state index in [-0.39, 0.29) is 5.91 Å². The van der Waals surface area contributed by atoms with Gasteiger partial charge in [0.25, 0.3) is 5.91 Å². The van der Waals surface area contributed by atoms with E-state index in [0.717, 1.165) is 28.6 Å². The van der Waals surface area contributed by atoms with Gasteiger partial charge in [-0.3, -0.25) is 9.59 Å². The summed E-state index contributed by atoms with van der Waals surface area (Å²) in [5, 5.41) is 0. The van der Waals surface area contributed by atoms with Crippen LogP contribution in [0.5, 0.6) is 0 Å². The molecule has 5 aliphatic rings. The van der Waals surface area contributed by atoms with Crippen LogP contribution in [-0.4, -0.2) is 47.8 Å². The molecule has 6 rings (SSSR count). The summed E-state index contributed by atoms with van der Waals surface area (Å²) in [6, 6.07) is 7.57. The lowest BCUT2D eigenvalue weighted by molar-refractivity contribution is -0.141. The van der Waals surface area contributed by atoms with Crippen LogP contribution in [0.15, 0.2) is 28.7 Å². The lowest BCUT2D eigenvalue weighted by atomic mass is 9.49. The number of carbonyl (C=O) groups excluding carboxylic acids is 2. The Morgan fingerprint density at radius 2 is 1.43 bits per heavy atom. The third kappa shape index (κ3) is 3.40. The smallest absolute Gasteiger partial charge is 0.255 e. The van der Waals surface area contributed by atoms with Crippen LogP contribution in [0.3, 0.4) is 0 Å². The Labute approximate surface area is 175 Å². The number of rotatable bonds is 3.